The molecule has 8 heteroatoms. The minimum atomic E-state index is -0.314. The number of hydrogen-bond acceptors (Lipinski definition) is 8. The van der Waals surface area contributed by atoms with Crippen LogP contribution in [0.1, 0.15) is 150 Å². The van der Waals surface area contributed by atoms with Crippen LogP contribution < -0.4 is 0 Å². The highest BCUT2D eigenvalue weighted by Gasteiger charge is 2.24. The van der Waals surface area contributed by atoms with Gasteiger partial charge >= 0.3 is 0 Å². The summed E-state index contributed by atoms with van der Waals surface area (Å²) in [5.74, 6) is 0.585. The highest BCUT2D eigenvalue weighted by molar-refractivity contribution is 5.95. The lowest BCUT2D eigenvalue weighted by molar-refractivity contribution is 0.445. The lowest BCUT2D eigenvalue weighted by Gasteiger charge is -2.22. The molecule has 0 atom stereocenters. The van der Waals surface area contributed by atoms with Gasteiger partial charge in [0.15, 0.2) is 0 Å². The van der Waals surface area contributed by atoms with E-state index in [9.17, 15) is 20.4 Å². The second-order valence-corrected chi connectivity index (χ2v) is 20.9. The van der Waals surface area contributed by atoms with Crippen LogP contribution in [0.3, 0.4) is 0 Å². The largest absolute Gasteiger partial charge is 0.507 e. The molecule has 0 saturated carbocycles. The Morgan fingerprint density at radius 1 is 0.306 bits per heavy atom. The Morgan fingerprint density at radius 3 is 0.645 bits per heavy atom. The molecule has 4 N–H and O–H groups in total. The fraction of sp³-hybridized carbons (Fsp3) is 0.370. The molecule has 326 valence electrons. The van der Waals surface area contributed by atoms with Gasteiger partial charge in [-0.25, -0.2) is 0 Å². The molecule has 0 aliphatic heterocycles. The zero-order valence-electron chi connectivity index (χ0n) is 39.7. The van der Waals surface area contributed by atoms with Crippen molar-refractivity contribution in [1.82, 2.24) is 0 Å². The van der Waals surface area contributed by atoms with E-state index in [1.807, 2.05) is 76.2 Å². The van der Waals surface area contributed by atoms with Crippen LogP contribution in [0.25, 0.3) is 0 Å². The maximum absolute atomic E-state index is 11.5. The fourth-order valence-corrected chi connectivity index (χ4v) is 7.43. The van der Waals surface area contributed by atoms with Crippen LogP contribution in [0, 0.1) is 27.7 Å². The molecule has 0 bridgehead atoms. The van der Waals surface area contributed by atoms with E-state index in [-0.39, 0.29) is 44.7 Å². The van der Waals surface area contributed by atoms with Gasteiger partial charge in [-0.3, -0.25) is 20.0 Å². The zero-order valence-corrected chi connectivity index (χ0v) is 39.7. The van der Waals surface area contributed by atoms with Crippen LogP contribution in [-0.4, -0.2) is 45.3 Å². The predicted octanol–water partition coefficient (Wildman–Crippen LogP) is 13.9. The van der Waals surface area contributed by atoms with Gasteiger partial charge in [0.05, 0.1) is 22.7 Å². The van der Waals surface area contributed by atoms with Gasteiger partial charge in [0, 0.05) is 69.4 Å². The second kappa shape index (κ2) is 17.4. The molecule has 5 aromatic rings. The number of phenols is 4. The maximum Gasteiger partial charge on any atom is 0.128 e. The summed E-state index contributed by atoms with van der Waals surface area (Å²) >= 11 is 0. The third-order valence-corrected chi connectivity index (χ3v) is 10.8. The summed E-state index contributed by atoms with van der Waals surface area (Å²) < 4.78 is 0. The minimum absolute atomic E-state index is 0.146. The minimum Gasteiger partial charge on any atom is -0.507 e. The molecule has 0 aliphatic rings. The van der Waals surface area contributed by atoms with E-state index < -0.39 is 0 Å². The number of aromatic hydroxyl groups is 4. The molecule has 0 aliphatic carbocycles. The van der Waals surface area contributed by atoms with Crippen molar-refractivity contribution in [3.8, 4) is 23.0 Å². The first-order valence-corrected chi connectivity index (χ1v) is 21.2. The van der Waals surface area contributed by atoms with E-state index in [1.165, 1.54) is 0 Å². The topological polar surface area (TPSA) is 130 Å². The van der Waals surface area contributed by atoms with E-state index in [4.69, 9.17) is 20.0 Å². The first kappa shape index (κ1) is 47.0. The molecule has 0 spiro atoms. The third-order valence-electron chi connectivity index (χ3n) is 10.8. The average molecular weight is 835 g/mol. The Balaban J connectivity index is 1.82. The Hall–Kier alpha value is -6.02. The van der Waals surface area contributed by atoms with Crippen molar-refractivity contribution in [2.24, 2.45) is 20.0 Å². The second-order valence-electron chi connectivity index (χ2n) is 20.9. The molecule has 0 amide bonds. The smallest absolute Gasteiger partial charge is 0.128 e. The SMILES string of the molecule is Cc1cc(C=Nc2cc(N=Cc3cc(C)cc(C(C)(C)C)c3O)c(N=Cc3cc(C)cc(C(C)(C)C)c3O)cc2N=Cc2cc(C)cc(C(C)(C)C)c2O)c(O)c(C(C)(C)C)c1. The number of phenolic OH excluding ortho intramolecular Hbond substituents is 4. The Morgan fingerprint density at radius 2 is 0.484 bits per heavy atom. The zero-order chi connectivity index (χ0) is 46.3. The van der Waals surface area contributed by atoms with Gasteiger partial charge in [0.1, 0.15) is 23.0 Å². The highest BCUT2D eigenvalue weighted by atomic mass is 16.3. The van der Waals surface area contributed by atoms with Crippen LogP contribution in [-0.2, 0) is 21.7 Å². The molecule has 8 nitrogen and oxygen atoms in total. The lowest BCUT2D eigenvalue weighted by Crippen LogP contribution is -2.12. The van der Waals surface area contributed by atoms with E-state index in [0.717, 1.165) is 44.5 Å². The molecule has 0 unspecified atom stereocenters. The summed E-state index contributed by atoms with van der Waals surface area (Å²) in [6.07, 6.45) is 6.52. The molecule has 0 radical (unpaired) electrons. The van der Waals surface area contributed by atoms with Gasteiger partial charge in [0.2, 0.25) is 0 Å². The quantitative estimate of drug-likeness (QED) is 0.116. The van der Waals surface area contributed by atoms with Gasteiger partial charge in [-0.1, -0.05) is 107 Å². The van der Waals surface area contributed by atoms with E-state index in [2.05, 4.69) is 83.1 Å². The number of nitrogens with zero attached hydrogens (tertiary/aromatic N) is 4. The number of rotatable bonds is 8. The summed E-state index contributed by atoms with van der Waals surface area (Å²) in [6.45, 7) is 32.6. The first-order chi connectivity index (χ1) is 28.5. The highest BCUT2D eigenvalue weighted by Crippen LogP contribution is 2.43. The summed E-state index contributed by atoms with van der Waals surface area (Å²) in [7, 11) is 0. The molecule has 0 saturated heterocycles. The standard InChI is InChI=1S/C54H66N4O4/c1-31-17-35(47(59)39(21-31)51(5,6)7)27-55-43-25-45(57-29-37-19-33(3)23-41(49(37)61)53(11,12)13)46(58-30-38-20-34(4)24-42(50(38)62)54(14,15)16)26-44(43)56-28-36-18-32(2)22-40(48(36)60)52(8,9)10/h17-30,59-62H,1-16H3. The molecule has 5 rings (SSSR count). The summed E-state index contributed by atoms with van der Waals surface area (Å²) in [6, 6.07) is 19.1. The van der Waals surface area contributed by atoms with Crippen molar-refractivity contribution in [3.05, 3.63) is 127 Å². The van der Waals surface area contributed by atoms with E-state index in [0.29, 0.717) is 45.0 Å². The van der Waals surface area contributed by atoms with Gasteiger partial charge < -0.3 is 20.4 Å². The fourth-order valence-electron chi connectivity index (χ4n) is 7.43. The van der Waals surface area contributed by atoms with Crippen LogP contribution >= 0.6 is 0 Å². The van der Waals surface area contributed by atoms with Crippen molar-refractivity contribution in [3.63, 3.8) is 0 Å². The Labute approximate surface area is 369 Å². The third kappa shape index (κ3) is 10.9. The number of aliphatic imine (C=N–C) groups is 4. The van der Waals surface area contributed by atoms with Crippen molar-refractivity contribution < 1.29 is 20.4 Å². The lowest BCUT2D eigenvalue weighted by atomic mass is 9.84. The normalized spacial score (nSPS) is 13.2. The molecule has 0 heterocycles. The van der Waals surface area contributed by atoms with Crippen LogP contribution in [0.2, 0.25) is 0 Å². The summed E-state index contributed by atoms with van der Waals surface area (Å²) in [5, 5.41) is 46.0. The Bertz CT molecular complexity index is 2280. The summed E-state index contributed by atoms with van der Waals surface area (Å²) in [5.41, 5.74) is 9.76. The monoisotopic (exact) mass is 835 g/mol. The van der Waals surface area contributed by atoms with E-state index >= 15 is 0 Å². The molecular formula is C54H66N4O4. The van der Waals surface area contributed by atoms with Crippen LogP contribution in [0.5, 0.6) is 23.0 Å². The summed E-state index contributed by atoms with van der Waals surface area (Å²) in [4.78, 5) is 19.8. The van der Waals surface area contributed by atoms with Gasteiger partial charge in [-0.05, 0) is 108 Å². The predicted molar refractivity (Wildman–Crippen MR) is 262 cm³/mol. The van der Waals surface area contributed by atoms with Gasteiger partial charge in [0.25, 0.3) is 0 Å². The first-order valence-electron chi connectivity index (χ1n) is 21.2. The van der Waals surface area contributed by atoms with Crippen LogP contribution in [0.4, 0.5) is 22.7 Å². The van der Waals surface area contributed by atoms with Gasteiger partial charge in [-0.2, -0.15) is 0 Å². The molecule has 62 heavy (non-hydrogen) atoms. The van der Waals surface area contributed by atoms with E-state index in [1.54, 1.807) is 37.0 Å². The molecular weight excluding hydrogens is 769 g/mol. The van der Waals surface area contributed by atoms with Crippen molar-refractivity contribution in [2.75, 3.05) is 0 Å². The van der Waals surface area contributed by atoms with Crippen molar-refractivity contribution >= 4 is 47.6 Å². The molecule has 0 fully saturated rings. The number of benzene rings is 5. The maximum atomic E-state index is 11.5. The molecule has 0 aromatic heterocycles. The number of aryl methyl sites for hydroxylation is 4. The average Bonchev–Trinajstić information content (AvgIpc) is 3.14. The number of hydrogen-bond donors (Lipinski definition) is 4. The van der Waals surface area contributed by atoms with Crippen molar-refractivity contribution in [1.29, 1.82) is 0 Å². The van der Waals surface area contributed by atoms with Crippen molar-refractivity contribution in [2.45, 2.75) is 132 Å². The van der Waals surface area contributed by atoms with Gasteiger partial charge in [-0.15, -0.1) is 0 Å². The molecule has 5 aromatic carbocycles. The Kier molecular flexibility index (Phi) is 13.2. The van der Waals surface area contributed by atoms with Crippen LogP contribution in [0.15, 0.2) is 80.6 Å².